The molecular weight excluding hydrogens is 208 g/mol. The van der Waals surface area contributed by atoms with Crippen LogP contribution in [0, 0.1) is 0 Å². The second kappa shape index (κ2) is 6.51. The number of Topliss-reactive ketones (excluding diaryl/α,β-unsaturated/α-hetero) is 1. The number of hydrogen-bond donors (Lipinski definition) is 0. The number of ether oxygens (including phenoxy) is 1. The van der Waals surface area contributed by atoms with E-state index < -0.39 is 0 Å². The topological polar surface area (TPSA) is 26.3 Å². The summed E-state index contributed by atoms with van der Waals surface area (Å²) in [5.74, 6) is 1.35. The lowest BCUT2D eigenvalue weighted by Crippen LogP contribution is -2.06. The number of carbonyl (C=O) groups is 1. The van der Waals surface area contributed by atoms with E-state index in [9.17, 15) is 4.79 Å². The second-order valence-corrected chi connectivity index (χ2v) is 4.07. The van der Waals surface area contributed by atoms with Crippen LogP contribution < -0.4 is 4.74 Å². The Kier molecular flexibility index (Phi) is 5.26. The quantitative estimate of drug-likeness (QED) is 0.695. The van der Waals surface area contributed by atoms with E-state index in [4.69, 9.17) is 4.74 Å². The molecule has 15 heavy (non-hydrogen) atoms. The first-order chi connectivity index (χ1) is 7.29. The van der Waals surface area contributed by atoms with Crippen molar-refractivity contribution in [2.24, 2.45) is 0 Å². The van der Waals surface area contributed by atoms with Crippen LogP contribution in [0.5, 0.6) is 5.75 Å². The highest BCUT2D eigenvalue weighted by molar-refractivity contribution is 7.99. The van der Waals surface area contributed by atoms with Crippen LogP contribution in [-0.4, -0.2) is 24.4 Å². The molecule has 1 aromatic rings. The third-order valence-corrected chi connectivity index (χ3v) is 2.48. The van der Waals surface area contributed by atoms with Crippen LogP contribution in [0.25, 0.3) is 0 Å². The van der Waals surface area contributed by atoms with Crippen LogP contribution >= 0.6 is 11.8 Å². The molecule has 0 spiro atoms. The van der Waals surface area contributed by atoms with Crippen molar-refractivity contribution in [3.63, 3.8) is 0 Å². The fraction of sp³-hybridized carbons (Fsp3) is 0.417. The number of hydrogen-bond acceptors (Lipinski definition) is 3. The van der Waals surface area contributed by atoms with Crippen molar-refractivity contribution in [3.05, 3.63) is 29.8 Å². The van der Waals surface area contributed by atoms with Gasteiger partial charge in [0.2, 0.25) is 0 Å². The van der Waals surface area contributed by atoms with Gasteiger partial charge in [0, 0.05) is 0 Å². The summed E-state index contributed by atoms with van der Waals surface area (Å²) >= 11 is 1.53. The minimum atomic E-state index is 0.134. The maximum atomic E-state index is 11.7. The molecule has 2 nitrogen and oxygen atoms in total. The average molecular weight is 224 g/mol. The average Bonchev–Trinajstić information content (AvgIpc) is 2.27. The monoisotopic (exact) mass is 224 g/mol. The van der Waals surface area contributed by atoms with Crippen LogP contribution in [0.1, 0.15) is 23.7 Å². The van der Waals surface area contributed by atoms with E-state index in [2.05, 4.69) is 0 Å². The third-order valence-electron chi connectivity index (χ3n) is 1.92. The van der Waals surface area contributed by atoms with Crippen LogP contribution in [0.3, 0.4) is 0 Å². The van der Waals surface area contributed by atoms with Gasteiger partial charge in [-0.05, 0) is 24.8 Å². The third kappa shape index (κ3) is 3.59. The Labute approximate surface area is 95.0 Å². The molecule has 0 aliphatic rings. The van der Waals surface area contributed by atoms with Crippen LogP contribution in [0.2, 0.25) is 0 Å². The number of thioether (sulfide) groups is 1. The highest BCUT2D eigenvalue weighted by Gasteiger charge is 2.10. The van der Waals surface area contributed by atoms with Gasteiger partial charge in [0.15, 0.2) is 5.78 Å². The Bertz CT molecular complexity index is 323. The van der Waals surface area contributed by atoms with Crippen LogP contribution in [-0.2, 0) is 0 Å². The zero-order chi connectivity index (χ0) is 11.1. The van der Waals surface area contributed by atoms with Gasteiger partial charge in [-0.3, -0.25) is 4.79 Å². The minimum Gasteiger partial charge on any atom is -0.493 e. The van der Waals surface area contributed by atoms with Gasteiger partial charge in [0.25, 0.3) is 0 Å². The lowest BCUT2D eigenvalue weighted by atomic mass is 10.1. The van der Waals surface area contributed by atoms with E-state index in [0.717, 1.165) is 6.42 Å². The van der Waals surface area contributed by atoms with Crippen molar-refractivity contribution in [2.45, 2.75) is 13.3 Å². The Morgan fingerprint density at radius 1 is 1.40 bits per heavy atom. The fourth-order valence-electron chi connectivity index (χ4n) is 1.24. The molecule has 0 saturated carbocycles. The molecule has 0 radical (unpaired) electrons. The molecule has 0 saturated heterocycles. The number of carbonyl (C=O) groups excluding carboxylic acids is 1. The van der Waals surface area contributed by atoms with Crippen molar-refractivity contribution in [1.82, 2.24) is 0 Å². The summed E-state index contributed by atoms with van der Waals surface area (Å²) in [5, 5.41) is 0. The molecule has 0 unspecified atom stereocenters. The molecule has 0 atom stereocenters. The van der Waals surface area contributed by atoms with Crippen molar-refractivity contribution < 1.29 is 9.53 Å². The van der Waals surface area contributed by atoms with E-state index in [0.29, 0.717) is 23.7 Å². The molecule has 0 fully saturated rings. The molecule has 0 amide bonds. The Hall–Kier alpha value is -0.960. The smallest absolute Gasteiger partial charge is 0.176 e. The van der Waals surface area contributed by atoms with Crippen LogP contribution in [0.4, 0.5) is 0 Å². The highest BCUT2D eigenvalue weighted by Crippen LogP contribution is 2.19. The first-order valence-electron chi connectivity index (χ1n) is 5.03. The summed E-state index contributed by atoms with van der Waals surface area (Å²) in [6.45, 7) is 2.70. The molecule has 0 N–H and O–H groups in total. The van der Waals surface area contributed by atoms with Gasteiger partial charge in [-0.15, -0.1) is 0 Å². The predicted octanol–water partition coefficient (Wildman–Crippen LogP) is 3.02. The maximum absolute atomic E-state index is 11.7. The number of benzene rings is 1. The summed E-state index contributed by atoms with van der Waals surface area (Å²) in [7, 11) is 0. The van der Waals surface area contributed by atoms with E-state index >= 15 is 0 Å². The Balaban J connectivity index is 2.80. The van der Waals surface area contributed by atoms with E-state index in [-0.39, 0.29) is 5.78 Å². The molecule has 0 bridgehead atoms. The molecule has 1 aromatic carbocycles. The lowest BCUT2D eigenvalue weighted by molar-refractivity contribution is 0.101. The fourth-order valence-corrected chi connectivity index (χ4v) is 1.66. The summed E-state index contributed by atoms with van der Waals surface area (Å²) < 4.78 is 5.52. The van der Waals surface area contributed by atoms with Crippen molar-refractivity contribution >= 4 is 17.5 Å². The normalized spacial score (nSPS) is 10.0. The zero-order valence-electron chi connectivity index (χ0n) is 9.16. The van der Waals surface area contributed by atoms with Gasteiger partial charge in [0.05, 0.1) is 17.9 Å². The minimum absolute atomic E-state index is 0.134. The summed E-state index contributed by atoms with van der Waals surface area (Å²) in [6.07, 6.45) is 2.87. The van der Waals surface area contributed by atoms with E-state index in [1.165, 1.54) is 11.8 Å². The Morgan fingerprint density at radius 3 is 2.80 bits per heavy atom. The van der Waals surface area contributed by atoms with E-state index in [1.807, 2.05) is 37.4 Å². The standard InChI is InChI=1S/C12H16O2S/c1-3-8-14-12-7-5-4-6-10(12)11(13)9-15-2/h4-7H,3,8-9H2,1-2H3. The molecule has 0 aromatic heterocycles. The molecule has 1 rings (SSSR count). The highest BCUT2D eigenvalue weighted by atomic mass is 32.2. The largest absolute Gasteiger partial charge is 0.493 e. The second-order valence-electron chi connectivity index (χ2n) is 3.20. The first kappa shape index (κ1) is 12.1. The first-order valence-corrected chi connectivity index (χ1v) is 6.43. The van der Waals surface area contributed by atoms with Gasteiger partial charge < -0.3 is 4.74 Å². The Morgan fingerprint density at radius 2 is 2.13 bits per heavy atom. The molecule has 0 heterocycles. The van der Waals surface area contributed by atoms with Gasteiger partial charge >= 0.3 is 0 Å². The lowest BCUT2D eigenvalue weighted by Gasteiger charge is -2.09. The van der Waals surface area contributed by atoms with Gasteiger partial charge in [0.1, 0.15) is 5.75 Å². The number of rotatable bonds is 6. The molecule has 0 aliphatic carbocycles. The van der Waals surface area contributed by atoms with Gasteiger partial charge in [-0.1, -0.05) is 19.1 Å². The number of ketones is 1. The van der Waals surface area contributed by atoms with Crippen molar-refractivity contribution in [2.75, 3.05) is 18.6 Å². The SMILES string of the molecule is CCCOc1ccccc1C(=O)CSC. The predicted molar refractivity (Wildman–Crippen MR) is 64.9 cm³/mol. The van der Waals surface area contributed by atoms with Crippen molar-refractivity contribution in [1.29, 1.82) is 0 Å². The molecule has 3 heteroatoms. The van der Waals surface area contributed by atoms with E-state index in [1.54, 1.807) is 0 Å². The van der Waals surface area contributed by atoms with Gasteiger partial charge in [-0.25, -0.2) is 0 Å². The zero-order valence-corrected chi connectivity index (χ0v) is 9.97. The van der Waals surface area contributed by atoms with Crippen LogP contribution in [0.15, 0.2) is 24.3 Å². The van der Waals surface area contributed by atoms with Gasteiger partial charge in [-0.2, -0.15) is 11.8 Å². The summed E-state index contributed by atoms with van der Waals surface area (Å²) in [5.41, 5.74) is 0.695. The molecule has 82 valence electrons. The van der Waals surface area contributed by atoms with Crippen molar-refractivity contribution in [3.8, 4) is 5.75 Å². The number of para-hydroxylation sites is 1. The summed E-state index contributed by atoms with van der Waals surface area (Å²) in [4.78, 5) is 11.7. The summed E-state index contributed by atoms with van der Waals surface area (Å²) in [6, 6.07) is 7.43. The molecule has 0 aliphatic heterocycles. The maximum Gasteiger partial charge on any atom is 0.176 e. The molecular formula is C12H16O2S.